The molecule has 6 nitrogen and oxygen atoms in total. The molecule has 162 valence electrons. The van der Waals surface area contributed by atoms with Crippen molar-refractivity contribution in [3.8, 4) is 0 Å². The Morgan fingerprint density at radius 1 is 1.00 bits per heavy atom. The second kappa shape index (κ2) is 6.59. The van der Waals surface area contributed by atoms with Crippen LogP contribution in [0.25, 0.3) is 0 Å². The molecule has 3 fully saturated rings. The first-order chi connectivity index (χ1) is 14.9. The van der Waals surface area contributed by atoms with E-state index in [4.69, 9.17) is 37.5 Å². The minimum Gasteiger partial charge on any atom is -0.360 e. The zero-order chi connectivity index (χ0) is 21.3. The lowest BCUT2D eigenvalue weighted by Gasteiger charge is -2.53. The van der Waals surface area contributed by atoms with Gasteiger partial charge in [0, 0.05) is 18.5 Å². The van der Waals surface area contributed by atoms with Crippen LogP contribution < -0.4 is 5.32 Å². The summed E-state index contributed by atoms with van der Waals surface area (Å²) in [5.74, 6) is -1.28. The van der Waals surface area contributed by atoms with Gasteiger partial charge < -0.3 is 14.8 Å². The molecule has 31 heavy (non-hydrogen) atoms. The SMILES string of the molecule is O=C1N(OCc2ccccc2)[C@@]23CCC4(C[C@]2(c2ccccc2N3)C1(Cl)Cl)OCCO4. The van der Waals surface area contributed by atoms with Crippen LogP contribution in [0.2, 0.25) is 0 Å². The summed E-state index contributed by atoms with van der Waals surface area (Å²) >= 11 is 14.0. The molecule has 0 radical (unpaired) electrons. The number of hydroxylamine groups is 2. The molecule has 2 aromatic rings. The number of benzene rings is 2. The van der Waals surface area contributed by atoms with Crippen molar-refractivity contribution in [2.75, 3.05) is 18.5 Å². The van der Waals surface area contributed by atoms with Crippen molar-refractivity contribution in [3.05, 3.63) is 65.7 Å². The number of hydrogen-bond acceptors (Lipinski definition) is 5. The standard InChI is InChI=1S/C23H22Cl2N2O4/c24-23(25)19(28)27(31-14-16-6-2-1-3-7-16)22-11-10-20(29-12-13-30-20)15-21(22,23)17-8-4-5-9-18(17)26-22/h1-9,26H,10-15H2/t21-,22+/m1/s1. The van der Waals surface area contributed by atoms with Crippen molar-refractivity contribution < 1.29 is 19.1 Å². The number of ether oxygens (including phenoxy) is 2. The van der Waals surface area contributed by atoms with Gasteiger partial charge in [-0.3, -0.25) is 9.63 Å². The normalized spacial score (nSPS) is 31.9. The number of nitrogens with zero attached hydrogens (tertiary/aromatic N) is 1. The molecular weight excluding hydrogens is 439 g/mol. The van der Waals surface area contributed by atoms with E-state index in [1.165, 1.54) is 5.06 Å². The molecule has 1 spiro atoms. The molecule has 6 rings (SSSR count). The van der Waals surface area contributed by atoms with Crippen molar-refractivity contribution in [1.29, 1.82) is 0 Å². The maximum atomic E-state index is 13.6. The topological polar surface area (TPSA) is 60.0 Å². The number of para-hydroxylation sites is 1. The third-order valence-corrected chi connectivity index (χ3v) is 8.16. The molecule has 2 aromatic carbocycles. The van der Waals surface area contributed by atoms with Crippen LogP contribution in [0.5, 0.6) is 0 Å². The van der Waals surface area contributed by atoms with Gasteiger partial charge in [0.05, 0.1) is 18.6 Å². The summed E-state index contributed by atoms with van der Waals surface area (Å²) in [4.78, 5) is 19.8. The highest BCUT2D eigenvalue weighted by Crippen LogP contribution is 2.70. The van der Waals surface area contributed by atoms with Gasteiger partial charge in [0.15, 0.2) is 11.4 Å². The number of nitrogens with one attached hydrogen (secondary N) is 1. The first-order valence-electron chi connectivity index (χ1n) is 10.5. The number of hydrogen-bond donors (Lipinski definition) is 1. The van der Waals surface area contributed by atoms with E-state index >= 15 is 0 Å². The molecule has 0 unspecified atom stereocenters. The monoisotopic (exact) mass is 460 g/mol. The van der Waals surface area contributed by atoms with Crippen LogP contribution in [-0.2, 0) is 31.1 Å². The molecule has 2 atom stereocenters. The zero-order valence-corrected chi connectivity index (χ0v) is 18.3. The molecule has 3 heterocycles. The molecular formula is C23H22Cl2N2O4. The summed E-state index contributed by atoms with van der Waals surface area (Å²) in [7, 11) is 0. The van der Waals surface area contributed by atoms with Gasteiger partial charge in [-0.1, -0.05) is 71.7 Å². The summed E-state index contributed by atoms with van der Waals surface area (Å²) in [5, 5.41) is 4.97. The number of amides is 1. The number of halogens is 2. The Labute approximate surface area is 190 Å². The number of rotatable bonds is 3. The number of alkyl halides is 2. The third-order valence-electron chi connectivity index (χ3n) is 7.19. The predicted molar refractivity (Wildman–Crippen MR) is 115 cm³/mol. The maximum absolute atomic E-state index is 13.6. The van der Waals surface area contributed by atoms with Gasteiger partial charge in [0.25, 0.3) is 5.91 Å². The Morgan fingerprint density at radius 3 is 2.48 bits per heavy atom. The van der Waals surface area contributed by atoms with E-state index in [1.807, 2.05) is 54.6 Å². The van der Waals surface area contributed by atoms with Gasteiger partial charge >= 0.3 is 0 Å². The number of fused-ring (bicyclic) bond motifs is 1. The largest absolute Gasteiger partial charge is 0.360 e. The minimum atomic E-state index is -1.76. The quantitative estimate of drug-likeness (QED) is 0.697. The summed E-state index contributed by atoms with van der Waals surface area (Å²) in [6.07, 6.45) is 1.47. The van der Waals surface area contributed by atoms with Crippen molar-refractivity contribution in [2.24, 2.45) is 0 Å². The van der Waals surface area contributed by atoms with Gasteiger partial charge in [-0.2, -0.15) is 5.06 Å². The fourth-order valence-electron chi connectivity index (χ4n) is 5.87. The molecule has 1 saturated carbocycles. The third kappa shape index (κ3) is 2.43. The van der Waals surface area contributed by atoms with Crippen LogP contribution in [0.4, 0.5) is 5.69 Å². The van der Waals surface area contributed by atoms with E-state index < -0.39 is 27.1 Å². The van der Waals surface area contributed by atoms with Crippen molar-refractivity contribution in [2.45, 2.75) is 47.1 Å². The highest BCUT2D eigenvalue weighted by Gasteiger charge is 2.83. The summed E-state index contributed by atoms with van der Waals surface area (Å²) in [6, 6.07) is 17.6. The van der Waals surface area contributed by atoms with Crippen LogP contribution in [0.15, 0.2) is 54.6 Å². The Balaban J connectivity index is 1.48. The van der Waals surface area contributed by atoms with Gasteiger partial charge in [-0.25, -0.2) is 0 Å². The van der Waals surface area contributed by atoms with E-state index in [1.54, 1.807) is 0 Å². The average molecular weight is 461 g/mol. The van der Waals surface area contributed by atoms with Gasteiger partial charge in [-0.15, -0.1) is 0 Å². The molecule has 1 amide bonds. The smallest absolute Gasteiger partial charge is 0.285 e. The van der Waals surface area contributed by atoms with E-state index in [0.29, 0.717) is 32.5 Å². The zero-order valence-electron chi connectivity index (χ0n) is 16.8. The van der Waals surface area contributed by atoms with E-state index in [0.717, 1.165) is 16.8 Å². The molecule has 3 aliphatic heterocycles. The van der Waals surface area contributed by atoms with Crippen molar-refractivity contribution >= 4 is 34.8 Å². The van der Waals surface area contributed by atoms with Gasteiger partial charge in [-0.05, 0) is 23.6 Å². The molecule has 1 aliphatic carbocycles. The van der Waals surface area contributed by atoms with Gasteiger partial charge in [0.2, 0.25) is 4.33 Å². The summed E-state index contributed by atoms with van der Waals surface area (Å²) < 4.78 is 10.4. The first-order valence-corrected chi connectivity index (χ1v) is 11.2. The summed E-state index contributed by atoms with van der Waals surface area (Å²) in [6.45, 7) is 1.25. The second-order valence-corrected chi connectivity index (χ2v) is 9.98. The Hall–Kier alpha value is -1.83. The highest BCUT2D eigenvalue weighted by molar-refractivity contribution is 6.60. The van der Waals surface area contributed by atoms with Crippen LogP contribution in [0.3, 0.4) is 0 Å². The van der Waals surface area contributed by atoms with Crippen LogP contribution in [0, 0.1) is 0 Å². The Morgan fingerprint density at radius 2 is 1.71 bits per heavy atom. The van der Waals surface area contributed by atoms with Crippen molar-refractivity contribution in [1.82, 2.24) is 5.06 Å². The number of carbonyl (C=O) groups is 1. The van der Waals surface area contributed by atoms with Crippen molar-refractivity contribution in [3.63, 3.8) is 0 Å². The Bertz CT molecular complexity index is 1040. The highest BCUT2D eigenvalue weighted by atomic mass is 35.5. The fraction of sp³-hybridized carbons (Fsp3) is 0.435. The Kier molecular flexibility index (Phi) is 4.22. The lowest BCUT2D eigenvalue weighted by Crippen LogP contribution is -2.66. The summed E-state index contributed by atoms with van der Waals surface area (Å²) in [5.41, 5.74) is 0.786. The molecule has 4 aliphatic rings. The second-order valence-electron chi connectivity index (χ2n) is 8.65. The van der Waals surface area contributed by atoms with E-state index in [-0.39, 0.29) is 6.61 Å². The van der Waals surface area contributed by atoms with E-state index in [9.17, 15) is 4.79 Å². The molecule has 1 N–H and O–H groups in total. The van der Waals surface area contributed by atoms with E-state index in [2.05, 4.69) is 5.32 Å². The molecule has 2 saturated heterocycles. The van der Waals surface area contributed by atoms with Crippen LogP contribution in [-0.4, -0.2) is 40.0 Å². The molecule has 0 bridgehead atoms. The van der Waals surface area contributed by atoms with Gasteiger partial charge in [0.1, 0.15) is 6.61 Å². The maximum Gasteiger partial charge on any atom is 0.285 e. The molecule has 0 aromatic heterocycles. The molecule has 8 heteroatoms. The minimum absolute atomic E-state index is 0.227. The number of carbonyl (C=O) groups excluding carboxylic acids is 1. The average Bonchev–Trinajstić information content (AvgIpc) is 3.39. The van der Waals surface area contributed by atoms with Crippen LogP contribution in [0.1, 0.15) is 30.4 Å². The number of anilines is 1. The van der Waals surface area contributed by atoms with Crippen LogP contribution >= 0.6 is 23.2 Å². The predicted octanol–water partition coefficient (Wildman–Crippen LogP) is 4.12. The first kappa shape index (κ1) is 19.8. The fourth-order valence-corrected chi connectivity index (χ4v) is 6.68. The lowest BCUT2D eigenvalue weighted by molar-refractivity contribution is -0.249. The lowest BCUT2D eigenvalue weighted by atomic mass is 9.62.